The van der Waals surface area contributed by atoms with Crippen LogP contribution in [-0.4, -0.2) is 49.4 Å². The zero-order valence-electron chi connectivity index (χ0n) is 16.2. The van der Waals surface area contributed by atoms with E-state index in [4.69, 9.17) is 14.6 Å². The number of sulfonamides is 1. The van der Waals surface area contributed by atoms with E-state index in [9.17, 15) is 8.42 Å². The molecule has 0 bridgehead atoms. The van der Waals surface area contributed by atoms with Crippen molar-refractivity contribution in [3.63, 3.8) is 0 Å². The number of benzene rings is 1. The maximum Gasteiger partial charge on any atom is 0.243 e. The number of rotatable bonds is 6. The van der Waals surface area contributed by atoms with E-state index >= 15 is 0 Å². The van der Waals surface area contributed by atoms with Crippen LogP contribution in [0.4, 0.5) is 0 Å². The molecule has 0 saturated carbocycles. The molecule has 0 spiro atoms. The maximum atomic E-state index is 13.4. The summed E-state index contributed by atoms with van der Waals surface area (Å²) in [5, 5.41) is 4.86. The second-order valence-corrected chi connectivity index (χ2v) is 9.16. The molecule has 1 aromatic carbocycles. The van der Waals surface area contributed by atoms with Gasteiger partial charge in [-0.25, -0.2) is 8.42 Å². The highest BCUT2D eigenvalue weighted by Gasteiger charge is 2.38. The molecule has 0 radical (unpaired) electrons. The second kappa shape index (κ2) is 8.32. The minimum atomic E-state index is -3.58. The van der Waals surface area contributed by atoms with Crippen molar-refractivity contribution < 1.29 is 17.9 Å². The molecule has 152 valence electrons. The number of hydrogen-bond donors (Lipinski definition) is 0. The van der Waals surface area contributed by atoms with Crippen LogP contribution < -0.4 is 0 Å². The normalized spacial score (nSPS) is 20.8. The van der Waals surface area contributed by atoms with E-state index in [-0.39, 0.29) is 6.04 Å². The molecule has 3 heterocycles. The highest BCUT2D eigenvalue weighted by molar-refractivity contribution is 7.89. The van der Waals surface area contributed by atoms with Crippen LogP contribution in [-0.2, 0) is 39.1 Å². The van der Waals surface area contributed by atoms with E-state index in [1.54, 1.807) is 35.7 Å². The maximum absolute atomic E-state index is 13.4. The van der Waals surface area contributed by atoms with Crippen molar-refractivity contribution in [2.24, 2.45) is 0 Å². The van der Waals surface area contributed by atoms with Crippen molar-refractivity contribution in [2.45, 2.75) is 49.8 Å². The Balaban J connectivity index is 1.73. The average molecular weight is 406 g/mol. The van der Waals surface area contributed by atoms with Gasteiger partial charge in [-0.1, -0.05) is 24.6 Å². The molecule has 0 N–H and O–H groups in total. The van der Waals surface area contributed by atoms with E-state index in [2.05, 4.69) is 0 Å². The monoisotopic (exact) mass is 405 g/mol. The summed E-state index contributed by atoms with van der Waals surface area (Å²) < 4.78 is 41.3. The Labute approximate surface area is 166 Å². The Morgan fingerprint density at radius 3 is 2.86 bits per heavy atom. The summed E-state index contributed by atoms with van der Waals surface area (Å²) >= 11 is 0. The smallest absolute Gasteiger partial charge is 0.243 e. The molecule has 7 nitrogen and oxygen atoms in total. The fourth-order valence-electron chi connectivity index (χ4n) is 4.16. The molecule has 2 aromatic rings. The summed E-state index contributed by atoms with van der Waals surface area (Å²) in [4.78, 5) is 0.339. The molecule has 8 heteroatoms. The topological polar surface area (TPSA) is 73.7 Å². The van der Waals surface area contributed by atoms with Crippen molar-refractivity contribution in [1.82, 2.24) is 14.1 Å². The lowest BCUT2D eigenvalue weighted by Gasteiger charge is -2.34. The third-order valence-electron chi connectivity index (χ3n) is 5.55. The SMILES string of the molecule is COCCn1nc(C2CCCCN2S(=O)(=O)c2ccccc2)c2c1CCOC2. The predicted molar refractivity (Wildman–Crippen MR) is 104 cm³/mol. The number of fused-ring (bicyclic) bond motifs is 1. The minimum Gasteiger partial charge on any atom is -0.383 e. The molecule has 4 rings (SSSR count). The van der Waals surface area contributed by atoms with Gasteiger partial charge in [0.25, 0.3) is 0 Å². The van der Waals surface area contributed by atoms with Crippen LogP contribution in [0.1, 0.15) is 42.3 Å². The first-order valence-electron chi connectivity index (χ1n) is 9.85. The van der Waals surface area contributed by atoms with Crippen LogP contribution in [0.15, 0.2) is 35.2 Å². The molecule has 1 fully saturated rings. The summed E-state index contributed by atoms with van der Waals surface area (Å²) in [6.07, 6.45) is 3.43. The van der Waals surface area contributed by atoms with Crippen molar-refractivity contribution in [2.75, 3.05) is 26.9 Å². The van der Waals surface area contributed by atoms with Crippen molar-refractivity contribution in [1.29, 1.82) is 0 Å². The standard InChI is InChI=1S/C20H27N3O4S/c1-26-14-12-22-18-10-13-27-15-17(18)20(21-22)19-9-5-6-11-23(19)28(24,25)16-7-3-2-4-8-16/h2-4,7-8,19H,5-6,9-15H2,1H3. The quantitative estimate of drug-likeness (QED) is 0.738. The van der Waals surface area contributed by atoms with Crippen LogP contribution in [0.3, 0.4) is 0 Å². The minimum absolute atomic E-state index is 0.252. The Morgan fingerprint density at radius 2 is 2.07 bits per heavy atom. The molecule has 1 saturated heterocycles. The Bertz CT molecular complexity index is 911. The third kappa shape index (κ3) is 3.61. The molecule has 0 aliphatic carbocycles. The van der Waals surface area contributed by atoms with Crippen molar-refractivity contribution in [3.05, 3.63) is 47.3 Å². The highest BCUT2D eigenvalue weighted by Crippen LogP contribution is 2.38. The Hall–Kier alpha value is -1.74. The van der Waals surface area contributed by atoms with Gasteiger partial charge in [-0.05, 0) is 25.0 Å². The van der Waals surface area contributed by atoms with Gasteiger partial charge in [0.05, 0.1) is 43.0 Å². The summed E-state index contributed by atoms with van der Waals surface area (Å²) in [6.45, 7) is 2.92. The third-order valence-corrected chi connectivity index (χ3v) is 7.48. The van der Waals surface area contributed by atoms with Gasteiger partial charge in [0.1, 0.15) is 0 Å². The number of piperidine rings is 1. The van der Waals surface area contributed by atoms with Gasteiger partial charge in [0.2, 0.25) is 10.0 Å². The molecule has 2 aliphatic heterocycles. The van der Waals surface area contributed by atoms with Crippen LogP contribution in [0.25, 0.3) is 0 Å². The summed E-state index contributed by atoms with van der Waals surface area (Å²) in [5.74, 6) is 0. The lowest BCUT2D eigenvalue weighted by molar-refractivity contribution is 0.106. The molecule has 1 aromatic heterocycles. The molecule has 0 amide bonds. The summed E-state index contributed by atoms with van der Waals surface area (Å²) in [7, 11) is -1.90. The van der Waals surface area contributed by atoms with Gasteiger partial charge in [0, 0.05) is 31.3 Å². The molecule has 1 atom stereocenters. The van der Waals surface area contributed by atoms with Gasteiger partial charge in [0.15, 0.2) is 0 Å². The van der Waals surface area contributed by atoms with Crippen molar-refractivity contribution >= 4 is 10.0 Å². The lowest BCUT2D eigenvalue weighted by atomic mass is 9.97. The highest BCUT2D eigenvalue weighted by atomic mass is 32.2. The van der Waals surface area contributed by atoms with Crippen LogP contribution in [0.2, 0.25) is 0 Å². The van der Waals surface area contributed by atoms with E-state index in [1.165, 1.54) is 0 Å². The molecular weight excluding hydrogens is 378 g/mol. The number of methoxy groups -OCH3 is 1. The first-order chi connectivity index (χ1) is 13.6. The van der Waals surface area contributed by atoms with Gasteiger partial charge >= 0.3 is 0 Å². The summed E-state index contributed by atoms with van der Waals surface area (Å²) in [5.41, 5.74) is 3.06. The Kier molecular flexibility index (Phi) is 5.82. The van der Waals surface area contributed by atoms with Gasteiger partial charge in [-0.15, -0.1) is 0 Å². The van der Waals surface area contributed by atoms with E-state index in [1.807, 2.05) is 10.7 Å². The number of aromatic nitrogens is 2. The van der Waals surface area contributed by atoms with E-state index < -0.39 is 10.0 Å². The van der Waals surface area contributed by atoms with Crippen LogP contribution >= 0.6 is 0 Å². The van der Waals surface area contributed by atoms with Gasteiger partial charge in [-0.3, -0.25) is 4.68 Å². The lowest BCUT2D eigenvalue weighted by Crippen LogP contribution is -2.39. The number of ether oxygens (including phenoxy) is 2. The second-order valence-electron chi connectivity index (χ2n) is 7.27. The molecule has 28 heavy (non-hydrogen) atoms. The van der Waals surface area contributed by atoms with Crippen molar-refractivity contribution in [3.8, 4) is 0 Å². The average Bonchev–Trinajstić information content (AvgIpc) is 3.11. The summed E-state index contributed by atoms with van der Waals surface area (Å²) in [6, 6.07) is 8.44. The fraction of sp³-hybridized carbons (Fsp3) is 0.550. The zero-order chi connectivity index (χ0) is 19.6. The van der Waals surface area contributed by atoms with E-state index in [0.717, 1.165) is 42.6 Å². The number of nitrogens with zero attached hydrogens (tertiary/aromatic N) is 3. The molecule has 1 unspecified atom stereocenters. The fourth-order valence-corrected chi connectivity index (χ4v) is 5.84. The predicted octanol–water partition coefficient (Wildman–Crippen LogP) is 2.52. The largest absolute Gasteiger partial charge is 0.383 e. The van der Waals surface area contributed by atoms with Gasteiger partial charge in [-0.2, -0.15) is 9.40 Å². The molecular formula is C20H27N3O4S. The zero-order valence-corrected chi connectivity index (χ0v) is 17.0. The molecule has 2 aliphatic rings. The first kappa shape index (κ1) is 19.6. The Morgan fingerprint density at radius 1 is 1.25 bits per heavy atom. The van der Waals surface area contributed by atoms with Crippen LogP contribution in [0.5, 0.6) is 0 Å². The first-order valence-corrected chi connectivity index (χ1v) is 11.3. The van der Waals surface area contributed by atoms with E-state index in [0.29, 0.717) is 37.8 Å². The van der Waals surface area contributed by atoms with Crippen LogP contribution in [0, 0.1) is 0 Å². The number of hydrogen-bond acceptors (Lipinski definition) is 5. The van der Waals surface area contributed by atoms with Gasteiger partial charge < -0.3 is 9.47 Å².